The van der Waals surface area contributed by atoms with Gasteiger partial charge in [0.25, 0.3) is 0 Å². The van der Waals surface area contributed by atoms with Gasteiger partial charge in [0.05, 0.1) is 57.5 Å². The third kappa shape index (κ3) is 5.96. The van der Waals surface area contributed by atoms with Gasteiger partial charge in [-0.25, -0.2) is 19.9 Å². The molecule has 0 radical (unpaired) electrons. The lowest BCUT2D eigenvalue weighted by atomic mass is 10.1. The Balaban J connectivity index is 0.918. The van der Waals surface area contributed by atoms with Crippen molar-refractivity contribution in [3.63, 3.8) is 0 Å². The van der Waals surface area contributed by atoms with E-state index in [1.807, 2.05) is 125 Å². The highest BCUT2D eigenvalue weighted by Crippen LogP contribution is 2.28. The van der Waals surface area contributed by atoms with Crippen LogP contribution in [-0.2, 0) is 13.1 Å². The van der Waals surface area contributed by atoms with Gasteiger partial charge < -0.3 is 25.0 Å². The van der Waals surface area contributed by atoms with Crippen molar-refractivity contribution in [3.05, 3.63) is 126 Å². The van der Waals surface area contributed by atoms with Gasteiger partial charge in [-0.05, 0) is 48.5 Å². The third-order valence-corrected chi connectivity index (χ3v) is 8.90. The van der Waals surface area contributed by atoms with E-state index in [1.54, 1.807) is 0 Å². The van der Waals surface area contributed by atoms with Gasteiger partial charge in [-0.2, -0.15) is 0 Å². The highest BCUT2D eigenvalue weighted by molar-refractivity contribution is 5.82. The quantitative estimate of drug-likeness (QED) is 0.0701. The van der Waals surface area contributed by atoms with Crippen LogP contribution in [0.3, 0.4) is 0 Å². The minimum absolute atomic E-state index is 0.232. The van der Waals surface area contributed by atoms with E-state index in [9.17, 15) is 5.11 Å². The van der Waals surface area contributed by atoms with E-state index >= 15 is 0 Å². The van der Waals surface area contributed by atoms with Crippen LogP contribution in [0, 0.1) is 0 Å². The van der Waals surface area contributed by atoms with Crippen molar-refractivity contribution in [1.29, 1.82) is 0 Å². The number of aromatic hydroxyl groups is 1. The fourth-order valence-corrected chi connectivity index (χ4v) is 6.30. The summed E-state index contributed by atoms with van der Waals surface area (Å²) in [5.74, 6) is 2.86. The summed E-state index contributed by atoms with van der Waals surface area (Å²) in [5, 5.41) is 18.4. The van der Waals surface area contributed by atoms with Crippen molar-refractivity contribution in [2.75, 3.05) is 23.1 Å². The highest BCUT2D eigenvalue weighted by Gasteiger charge is 2.20. The van der Waals surface area contributed by atoms with E-state index in [-0.39, 0.29) is 5.75 Å². The summed E-state index contributed by atoms with van der Waals surface area (Å²) in [5.41, 5.74) is 8.75. The molecule has 5 aromatic carbocycles. The number of anilines is 4. The second kappa shape index (κ2) is 13.0. The average Bonchev–Trinajstić information content (AvgIpc) is 3.96. The first-order chi connectivity index (χ1) is 25.2. The molecule has 4 aromatic heterocycles. The molecule has 0 fully saturated rings. The minimum atomic E-state index is 0.232. The molecule has 0 amide bonds. The van der Waals surface area contributed by atoms with Crippen LogP contribution in [0.25, 0.3) is 44.1 Å². The fourth-order valence-electron chi connectivity index (χ4n) is 6.30. The monoisotopic (exact) mass is 674 g/mol. The van der Waals surface area contributed by atoms with Gasteiger partial charge in [-0.3, -0.25) is 20.4 Å². The van der Waals surface area contributed by atoms with Gasteiger partial charge in [0, 0.05) is 24.2 Å². The third-order valence-electron chi connectivity index (χ3n) is 8.90. The maximum absolute atomic E-state index is 11.4. The number of phenols is 1. The molecule has 0 saturated carbocycles. The molecule has 0 unspecified atom stereocenters. The van der Waals surface area contributed by atoms with Gasteiger partial charge in [-0.1, -0.05) is 66.7 Å². The van der Waals surface area contributed by atoms with E-state index in [2.05, 4.69) is 30.6 Å². The Morgan fingerprint density at radius 2 is 0.745 bits per heavy atom. The number of aromatic amines is 4. The van der Waals surface area contributed by atoms with Crippen molar-refractivity contribution >= 4 is 67.9 Å². The van der Waals surface area contributed by atoms with Gasteiger partial charge in [-0.15, -0.1) is 0 Å². The second-order valence-electron chi connectivity index (χ2n) is 12.3. The lowest BCUT2D eigenvalue weighted by Gasteiger charge is -2.21. The number of hydrogen-bond acceptors (Lipinski definition) is 9. The van der Waals surface area contributed by atoms with E-state index < -0.39 is 0 Å². The maximum atomic E-state index is 11.4. The fraction of sp³-hybridized carbons (Fsp3) is 0.105. The predicted molar refractivity (Wildman–Crippen MR) is 200 cm³/mol. The molecule has 0 aliphatic carbocycles. The zero-order chi connectivity index (χ0) is 34.1. The molecule has 0 atom stereocenters. The zero-order valence-corrected chi connectivity index (χ0v) is 27.4. The lowest BCUT2D eigenvalue weighted by Crippen LogP contribution is -2.32. The smallest absolute Gasteiger partial charge is 0.211 e. The van der Waals surface area contributed by atoms with Crippen molar-refractivity contribution in [3.8, 4) is 5.75 Å². The number of phenolic OH excluding ortho intramolecular Hbond substituents is 1. The lowest BCUT2D eigenvalue weighted by molar-refractivity contribution is 0.454. The maximum Gasteiger partial charge on any atom is 0.211 e. The van der Waals surface area contributed by atoms with Gasteiger partial charge in [0.1, 0.15) is 5.75 Å². The molecule has 0 saturated heterocycles. The summed E-state index contributed by atoms with van der Waals surface area (Å²) < 4.78 is 0. The first kappa shape index (κ1) is 30.4. The van der Waals surface area contributed by atoms with Crippen LogP contribution < -0.4 is 20.4 Å². The Kier molecular flexibility index (Phi) is 7.72. The Hall–Kier alpha value is -6.70. The number of nitrogens with zero attached hydrogens (tertiary/aromatic N) is 6. The summed E-state index contributed by atoms with van der Waals surface area (Å²) in [6, 6.07) is 37.5. The molecule has 0 aliphatic heterocycles. The summed E-state index contributed by atoms with van der Waals surface area (Å²) in [6.07, 6.45) is 0. The van der Waals surface area contributed by atoms with Crippen molar-refractivity contribution in [2.45, 2.75) is 13.1 Å². The van der Waals surface area contributed by atoms with E-state index in [1.165, 1.54) is 0 Å². The molecule has 0 bridgehead atoms. The number of nitrogens with one attached hydrogen (secondary N) is 6. The van der Waals surface area contributed by atoms with Gasteiger partial charge in [0.15, 0.2) is 0 Å². The van der Waals surface area contributed by atoms with Crippen molar-refractivity contribution in [1.82, 2.24) is 50.5 Å². The van der Waals surface area contributed by atoms with Gasteiger partial charge >= 0.3 is 0 Å². The summed E-state index contributed by atoms with van der Waals surface area (Å²) in [6.45, 7) is 1.60. The molecule has 7 N–H and O–H groups in total. The first-order valence-electron chi connectivity index (χ1n) is 16.7. The van der Waals surface area contributed by atoms with E-state index in [0.717, 1.165) is 55.3 Å². The molecule has 9 aromatic rings. The number of imidazole rings is 4. The Bertz CT molecular complexity index is 2160. The van der Waals surface area contributed by atoms with Crippen molar-refractivity contribution in [2.24, 2.45) is 0 Å². The normalized spacial score (nSPS) is 11.7. The molecular formula is C38H34N12O. The topological polar surface area (TPSA) is 165 Å². The number of H-pyrrole nitrogens is 4. The molecule has 13 heteroatoms. The van der Waals surface area contributed by atoms with Crippen LogP contribution in [0.4, 0.5) is 23.8 Å². The van der Waals surface area contributed by atoms with Gasteiger partial charge in [0.2, 0.25) is 23.8 Å². The molecule has 13 nitrogen and oxygen atoms in total. The van der Waals surface area contributed by atoms with Crippen LogP contribution in [0.15, 0.2) is 115 Å². The number of hydrogen-bond donors (Lipinski definition) is 7. The second-order valence-corrected chi connectivity index (χ2v) is 12.3. The van der Waals surface area contributed by atoms with Crippen molar-refractivity contribution < 1.29 is 5.11 Å². The molecule has 51 heavy (non-hydrogen) atoms. The Morgan fingerprint density at radius 3 is 1.06 bits per heavy atom. The number of benzene rings is 5. The first-order valence-corrected chi connectivity index (χ1v) is 16.7. The SMILES string of the molecule is Oc1c(CNCN(c2nc3ccccc3[nH]2)c2nc3ccccc3[nH]2)cccc1CNCN(c1nc2ccccc2[nH]1)c1nc2ccccc2[nH]1. The van der Waals surface area contributed by atoms with Crippen LogP contribution in [0.1, 0.15) is 11.1 Å². The van der Waals surface area contributed by atoms with Crippen LogP contribution in [0.2, 0.25) is 0 Å². The summed E-state index contributed by atoms with van der Waals surface area (Å²) >= 11 is 0. The summed E-state index contributed by atoms with van der Waals surface area (Å²) in [4.78, 5) is 36.9. The van der Waals surface area contributed by atoms with Crippen LogP contribution >= 0.6 is 0 Å². The molecule has 0 spiro atoms. The largest absolute Gasteiger partial charge is 0.507 e. The molecule has 9 rings (SSSR count). The van der Waals surface area contributed by atoms with Crippen LogP contribution in [0.5, 0.6) is 5.75 Å². The average molecular weight is 675 g/mol. The highest BCUT2D eigenvalue weighted by atomic mass is 16.3. The number of para-hydroxylation sites is 9. The summed E-state index contributed by atoms with van der Waals surface area (Å²) in [7, 11) is 0. The number of fused-ring (bicyclic) bond motifs is 4. The molecular weight excluding hydrogens is 641 g/mol. The Labute approximate surface area is 291 Å². The molecule has 252 valence electrons. The Morgan fingerprint density at radius 1 is 0.431 bits per heavy atom. The zero-order valence-electron chi connectivity index (χ0n) is 27.4. The van der Waals surface area contributed by atoms with E-state index in [4.69, 9.17) is 19.9 Å². The van der Waals surface area contributed by atoms with Crippen LogP contribution in [-0.4, -0.2) is 58.3 Å². The number of rotatable bonds is 12. The molecule has 4 heterocycles. The standard InChI is InChI=1S/C38H34N12O/c51-34-24(20-39-22-49(35-41-26-12-1-2-13-27(26)42-35)36-43-28-14-3-4-15-29(28)44-36)10-9-11-25(34)21-40-23-50(37-45-30-16-5-6-17-31(30)46-37)38-47-32-18-7-8-19-33(32)48-38/h1-19,39-40,51H,20-23H2,(H,41,42)(H,43,44)(H,45,46)(H,47,48). The van der Waals surface area contributed by atoms with E-state index in [0.29, 0.717) is 50.2 Å². The minimum Gasteiger partial charge on any atom is -0.507 e. The number of aromatic nitrogens is 8. The predicted octanol–water partition coefficient (Wildman–Crippen LogP) is 6.67. The molecule has 0 aliphatic rings.